The van der Waals surface area contributed by atoms with Crippen LogP contribution in [0.4, 0.5) is 10.1 Å². The van der Waals surface area contributed by atoms with Crippen molar-refractivity contribution in [2.75, 3.05) is 11.9 Å². The Labute approximate surface area is 215 Å². The van der Waals surface area contributed by atoms with Gasteiger partial charge in [-0.05, 0) is 55.3 Å². The van der Waals surface area contributed by atoms with Crippen molar-refractivity contribution < 1.29 is 22.4 Å². The van der Waals surface area contributed by atoms with Crippen molar-refractivity contribution in [3.63, 3.8) is 0 Å². The molecule has 188 valence electrons. The first-order valence-electron chi connectivity index (χ1n) is 11.7. The highest BCUT2D eigenvalue weighted by molar-refractivity contribution is 7.89. The van der Waals surface area contributed by atoms with E-state index >= 15 is 0 Å². The number of carbonyl (C=O) groups is 2. The van der Waals surface area contributed by atoms with Crippen LogP contribution in [0.1, 0.15) is 48.0 Å². The van der Waals surface area contributed by atoms with Gasteiger partial charge in [-0.1, -0.05) is 61.2 Å². The zero-order valence-corrected chi connectivity index (χ0v) is 21.1. The molecule has 0 heterocycles. The fourth-order valence-electron chi connectivity index (χ4n) is 4.41. The van der Waals surface area contributed by atoms with Gasteiger partial charge in [-0.3, -0.25) is 9.59 Å². The van der Waals surface area contributed by atoms with Gasteiger partial charge in [0.25, 0.3) is 0 Å². The number of benzene rings is 3. The van der Waals surface area contributed by atoms with E-state index in [4.69, 9.17) is 11.6 Å². The molecule has 1 saturated carbocycles. The van der Waals surface area contributed by atoms with Crippen LogP contribution in [0.2, 0.25) is 5.02 Å². The number of carbonyl (C=O) groups excluding carboxylic acids is 2. The van der Waals surface area contributed by atoms with E-state index in [1.165, 1.54) is 28.6 Å². The van der Waals surface area contributed by atoms with Gasteiger partial charge in [0.1, 0.15) is 5.82 Å². The molecule has 3 aromatic rings. The van der Waals surface area contributed by atoms with Gasteiger partial charge in [-0.15, -0.1) is 0 Å². The normalized spacial score (nSPS) is 14.5. The minimum Gasteiger partial charge on any atom is -0.324 e. The molecular formula is C27H26ClFN2O4S. The van der Waals surface area contributed by atoms with Crippen LogP contribution >= 0.6 is 11.6 Å². The first-order valence-corrected chi connectivity index (χ1v) is 13.5. The topological polar surface area (TPSA) is 83.6 Å². The molecule has 0 spiro atoms. The Hall–Kier alpha value is -3.07. The molecule has 0 atom stereocenters. The van der Waals surface area contributed by atoms with Crippen LogP contribution in [0.15, 0.2) is 77.7 Å². The zero-order valence-electron chi connectivity index (χ0n) is 19.5. The number of nitrogens with zero attached hydrogens (tertiary/aromatic N) is 1. The zero-order chi connectivity index (χ0) is 25.7. The predicted molar refractivity (Wildman–Crippen MR) is 137 cm³/mol. The third-order valence-electron chi connectivity index (χ3n) is 6.24. The van der Waals surface area contributed by atoms with Crippen molar-refractivity contribution in [2.24, 2.45) is 0 Å². The van der Waals surface area contributed by atoms with Gasteiger partial charge in [0.05, 0.1) is 17.1 Å². The molecule has 4 rings (SSSR count). The van der Waals surface area contributed by atoms with Crippen LogP contribution in [-0.4, -0.2) is 37.0 Å². The SMILES string of the molecule is O=C(CN(C1CCCCC1)S(=O)(=O)c1ccc(F)cc1)Nc1ccc(Cl)cc1C(=O)c1ccccc1. The minimum atomic E-state index is -4.06. The summed E-state index contributed by atoms with van der Waals surface area (Å²) in [6.45, 7) is -0.439. The average molecular weight is 529 g/mol. The molecule has 0 aliphatic heterocycles. The molecule has 1 N–H and O–H groups in total. The standard InChI is InChI=1S/C27H26ClFN2O4S/c28-20-11-16-25(24(17-20)27(33)19-7-3-1-4-8-19)30-26(32)18-31(22-9-5-2-6-10-22)36(34,35)23-14-12-21(29)13-15-23/h1,3-4,7-8,11-17,22H,2,5-6,9-10,18H2,(H,30,32). The molecule has 1 amide bonds. The number of nitrogens with one attached hydrogen (secondary N) is 1. The predicted octanol–water partition coefficient (Wildman–Crippen LogP) is 5.67. The van der Waals surface area contributed by atoms with Crippen LogP contribution in [0.5, 0.6) is 0 Å². The third kappa shape index (κ3) is 6.00. The van der Waals surface area contributed by atoms with Crippen LogP contribution in [0.25, 0.3) is 0 Å². The van der Waals surface area contributed by atoms with Gasteiger partial charge >= 0.3 is 0 Å². The summed E-state index contributed by atoms with van der Waals surface area (Å²) in [5, 5.41) is 3.03. The van der Waals surface area contributed by atoms with Crippen LogP contribution in [0.3, 0.4) is 0 Å². The maximum atomic E-state index is 13.5. The second-order valence-corrected chi connectivity index (χ2v) is 11.1. The lowest BCUT2D eigenvalue weighted by Crippen LogP contribution is -2.45. The van der Waals surface area contributed by atoms with Crippen LogP contribution < -0.4 is 5.32 Å². The maximum absolute atomic E-state index is 13.5. The smallest absolute Gasteiger partial charge is 0.243 e. The summed E-state index contributed by atoms with van der Waals surface area (Å²) in [5.74, 6) is -1.46. The van der Waals surface area contributed by atoms with Gasteiger partial charge in [-0.2, -0.15) is 4.31 Å². The first kappa shape index (κ1) is 26.0. The van der Waals surface area contributed by atoms with E-state index in [2.05, 4.69) is 5.32 Å². The summed E-state index contributed by atoms with van der Waals surface area (Å²) in [6.07, 6.45) is 3.98. The van der Waals surface area contributed by atoms with E-state index < -0.39 is 28.3 Å². The van der Waals surface area contributed by atoms with Crippen molar-refractivity contribution >= 4 is 39.0 Å². The largest absolute Gasteiger partial charge is 0.324 e. The molecule has 0 saturated heterocycles. The fraction of sp³-hybridized carbons (Fsp3) is 0.259. The summed E-state index contributed by atoms with van der Waals surface area (Å²) >= 11 is 6.13. The first-order chi connectivity index (χ1) is 17.3. The molecule has 1 fully saturated rings. The van der Waals surface area contributed by atoms with Gasteiger partial charge in [-0.25, -0.2) is 12.8 Å². The fourth-order valence-corrected chi connectivity index (χ4v) is 6.22. The van der Waals surface area contributed by atoms with Gasteiger partial charge < -0.3 is 5.32 Å². The monoisotopic (exact) mass is 528 g/mol. The van der Waals surface area contributed by atoms with E-state index in [-0.39, 0.29) is 28.0 Å². The quantitative estimate of drug-likeness (QED) is 0.382. The average Bonchev–Trinajstić information content (AvgIpc) is 2.89. The highest BCUT2D eigenvalue weighted by Crippen LogP contribution is 2.29. The molecule has 3 aromatic carbocycles. The van der Waals surface area contributed by atoms with Crippen LogP contribution in [-0.2, 0) is 14.8 Å². The Morgan fingerprint density at radius 1 is 0.944 bits per heavy atom. The Balaban J connectivity index is 1.61. The molecule has 1 aliphatic rings. The second kappa shape index (κ2) is 11.3. The molecule has 1 aliphatic carbocycles. The number of hydrogen-bond donors (Lipinski definition) is 1. The Kier molecular flexibility index (Phi) is 8.18. The molecular weight excluding hydrogens is 503 g/mol. The van der Waals surface area contributed by atoms with Gasteiger partial charge in [0.2, 0.25) is 15.9 Å². The number of ketones is 1. The lowest BCUT2D eigenvalue weighted by Gasteiger charge is -2.33. The van der Waals surface area contributed by atoms with Gasteiger partial charge in [0, 0.05) is 22.2 Å². The number of halogens is 2. The highest BCUT2D eigenvalue weighted by atomic mass is 35.5. The van der Waals surface area contributed by atoms with Crippen molar-refractivity contribution in [2.45, 2.75) is 43.0 Å². The lowest BCUT2D eigenvalue weighted by molar-refractivity contribution is -0.116. The summed E-state index contributed by atoms with van der Waals surface area (Å²) < 4.78 is 41.6. The number of anilines is 1. The van der Waals surface area contributed by atoms with E-state index in [1.54, 1.807) is 36.4 Å². The molecule has 0 aromatic heterocycles. The Bertz CT molecular complexity index is 1340. The number of rotatable bonds is 8. The summed E-state index contributed by atoms with van der Waals surface area (Å²) in [5.41, 5.74) is 0.867. The molecule has 6 nitrogen and oxygen atoms in total. The van der Waals surface area contributed by atoms with E-state index in [1.807, 2.05) is 0 Å². The Morgan fingerprint density at radius 3 is 2.28 bits per heavy atom. The lowest BCUT2D eigenvalue weighted by atomic mass is 9.95. The van der Waals surface area contributed by atoms with E-state index in [0.29, 0.717) is 23.4 Å². The molecule has 0 unspecified atom stereocenters. The molecule has 36 heavy (non-hydrogen) atoms. The molecule has 0 radical (unpaired) electrons. The van der Waals surface area contributed by atoms with Crippen molar-refractivity contribution in [1.29, 1.82) is 0 Å². The van der Waals surface area contributed by atoms with Crippen molar-refractivity contribution in [3.8, 4) is 0 Å². The van der Waals surface area contributed by atoms with E-state index in [9.17, 15) is 22.4 Å². The number of hydrogen-bond acceptors (Lipinski definition) is 4. The molecule has 0 bridgehead atoms. The number of sulfonamides is 1. The van der Waals surface area contributed by atoms with Crippen molar-refractivity contribution in [3.05, 3.63) is 94.8 Å². The summed E-state index contributed by atoms with van der Waals surface area (Å²) in [6, 6.07) is 17.4. The van der Waals surface area contributed by atoms with Crippen molar-refractivity contribution in [1.82, 2.24) is 4.31 Å². The minimum absolute atomic E-state index is 0.0753. The van der Waals surface area contributed by atoms with Gasteiger partial charge in [0.15, 0.2) is 5.78 Å². The second-order valence-electron chi connectivity index (χ2n) is 8.73. The van der Waals surface area contributed by atoms with E-state index in [0.717, 1.165) is 31.4 Å². The maximum Gasteiger partial charge on any atom is 0.243 e. The summed E-state index contributed by atoms with van der Waals surface area (Å²) in [4.78, 5) is 26.2. The Morgan fingerprint density at radius 2 is 1.61 bits per heavy atom. The molecule has 9 heteroatoms. The van der Waals surface area contributed by atoms with Crippen LogP contribution in [0, 0.1) is 5.82 Å². The number of amides is 1. The highest BCUT2D eigenvalue weighted by Gasteiger charge is 2.34. The summed E-state index contributed by atoms with van der Waals surface area (Å²) in [7, 11) is -4.06. The third-order valence-corrected chi connectivity index (χ3v) is 8.39.